The molecule has 3 heteroatoms. The molecule has 23 heavy (non-hydrogen) atoms. The van der Waals surface area contributed by atoms with E-state index in [-0.39, 0.29) is 6.04 Å². The fraction of sp³-hybridized carbons (Fsp3) is 0.300. The highest BCUT2D eigenvalue weighted by Crippen LogP contribution is 2.51. The topological polar surface area (TPSA) is 21.3 Å². The summed E-state index contributed by atoms with van der Waals surface area (Å²) in [7, 11) is 0. The summed E-state index contributed by atoms with van der Waals surface area (Å²) in [6, 6.07) is 14.7. The van der Waals surface area contributed by atoms with E-state index in [1.165, 1.54) is 16.8 Å². The summed E-state index contributed by atoms with van der Waals surface area (Å²) in [4.78, 5) is 0. The zero-order valence-corrected chi connectivity index (χ0v) is 13.9. The van der Waals surface area contributed by atoms with E-state index in [9.17, 15) is 0 Å². The zero-order valence-electron chi connectivity index (χ0n) is 13.1. The van der Waals surface area contributed by atoms with E-state index in [0.29, 0.717) is 18.4 Å². The lowest BCUT2D eigenvalue weighted by Gasteiger charge is -2.37. The van der Waals surface area contributed by atoms with Crippen molar-refractivity contribution in [3.05, 3.63) is 70.8 Å². The Morgan fingerprint density at radius 1 is 1.17 bits per heavy atom. The molecule has 1 aliphatic carbocycles. The molecule has 3 unspecified atom stereocenters. The second kappa shape index (κ2) is 5.93. The Kier molecular flexibility index (Phi) is 3.78. The van der Waals surface area contributed by atoms with Gasteiger partial charge in [0.15, 0.2) is 0 Å². The van der Waals surface area contributed by atoms with E-state index < -0.39 is 0 Å². The van der Waals surface area contributed by atoms with Crippen LogP contribution in [0, 0.1) is 5.92 Å². The van der Waals surface area contributed by atoms with Gasteiger partial charge < -0.3 is 10.1 Å². The molecule has 0 spiro atoms. The van der Waals surface area contributed by atoms with Gasteiger partial charge in [-0.1, -0.05) is 42.0 Å². The highest BCUT2D eigenvalue weighted by atomic mass is 35.5. The van der Waals surface area contributed by atoms with Gasteiger partial charge in [0.2, 0.25) is 0 Å². The molecule has 1 N–H and O–H groups in total. The molecule has 2 nitrogen and oxygen atoms in total. The van der Waals surface area contributed by atoms with Gasteiger partial charge in [0.25, 0.3) is 0 Å². The lowest BCUT2D eigenvalue weighted by molar-refractivity contribution is 0.338. The molecule has 0 fully saturated rings. The van der Waals surface area contributed by atoms with Crippen LogP contribution in [0.2, 0.25) is 5.02 Å². The smallest absolute Gasteiger partial charge is 0.119 e. The van der Waals surface area contributed by atoms with Gasteiger partial charge in [-0.2, -0.15) is 0 Å². The quantitative estimate of drug-likeness (QED) is 0.745. The maximum Gasteiger partial charge on any atom is 0.119 e. The summed E-state index contributed by atoms with van der Waals surface area (Å²) >= 11 is 6.46. The van der Waals surface area contributed by atoms with Gasteiger partial charge in [0.1, 0.15) is 5.75 Å². The normalized spacial score (nSPS) is 24.7. The Morgan fingerprint density at radius 3 is 2.87 bits per heavy atom. The predicted octanol–water partition coefficient (Wildman–Crippen LogP) is 5.57. The molecule has 4 rings (SSSR count). The number of nitrogens with one attached hydrogen (secondary N) is 1. The van der Waals surface area contributed by atoms with Crippen LogP contribution in [0.4, 0.5) is 5.69 Å². The molecule has 0 saturated heterocycles. The first kappa shape index (κ1) is 14.6. The van der Waals surface area contributed by atoms with Crippen molar-refractivity contribution in [3.8, 4) is 5.75 Å². The minimum Gasteiger partial charge on any atom is -0.494 e. The van der Waals surface area contributed by atoms with Crippen molar-refractivity contribution in [1.82, 2.24) is 0 Å². The van der Waals surface area contributed by atoms with E-state index >= 15 is 0 Å². The number of fused-ring (bicyclic) bond motifs is 3. The maximum atomic E-state index is 6.46. The van der Waals surface area contributed by atoms with Crippen molar-refractivity contribution in [2.75, 3.05) is 11.9 Å². The maximum absolute atomic E-state index is 6.46. The van der Waals surface area contributed by atoms with Gasteiger partial charge in [-0.3, -0.25) is 0 Å². The second-order valence-corrected chi connectivity index (χ2v) is 6.58. The number of halogens is 1. The Hall–Kier alpha value is -1.93. The zero-order chi connectivity index (χ0) is 15.8. The average Bonchev–Trinajstić information content (AvgIpc) is 3.05. The molecule has 2 aromatic rings. The molecule has 0 saturated carbocycles. The number of anilines is 1. The van der Waals surface area contributed by atoms with Crippen molar-refractivity contribution in [2.24, 2.45) is 5.92 Å². The van der Waals surface area contributed by atoms with Crippen LogP contribution in [0.5, 0.6) is 5.75 Å². The molecule has 0 aromatic heterocycles. The molecule has 0 radical (unpaired) electrons. The van der Waals surface area contributed by atoms with Gasteiger partial charge in [-0.15, -0.1) is 0 Å². The highest BCUT2D eigenvalue weighted by Gasteiger charge is 2.38. The van der Waals surface area contributed by atoms with E-state index in [0.717, 1.165) is 17.2 Å². The van der Waals surface area contributed by atoms with E-state index in [4.69, 9.17) is 16.3 Å². The van der Waals surface area contributed by atoms with Crippen LogP contribution in [-0.4, -0.2) is 6.61 Å². The largest absolute Gasteiger partial charge is 0.494 e. The van der Waals surface area contributed by atoms with Crippen molar-refractivity contribution < 1.29 is 4.74 Å². The van der Waals surface area contributed by atoms with E-state index in [1.54, 1.807) is 0 Å². The van der Waals surface area contributed by atoms with Gasteiger partial charge >= 0.3 is 0 Å². The first-order valence-electron chi connectivity index (χ1n) is 8.22. The third kappa shape index (κ3) is 2.51. The number of allylic oxidation sites excluding steroid dienone is 1. The molecule has 3 atom stereocenters. The third-order valence-corrected chi connectivity index (χ3v) is 5.23. The average molecular weight is 326 g/mol. The van der Waals surface area contributed by atoms with Crippen molar-refractivity contribution >= 4 is 17.3 Å². The van der Waals surface area contributed by atoms with Crippen LogP contribution in [0.25, 0.3) is 0 Å². The minimum absolute atomic E-state index is 0.220. The molecule has 1 heterocycles. The lowest BCUT2D eigenvalue weighted by atomic mass is 9.77. The molecule has 0 bridgehead atoms. The fourth-order valence-electron chi connectivity index (χ4n) is 3.86. The predicted molar refractivity (Wildman–Crippen MR) is 95.4 cm³/mol. The van der Waals surface area contributed by atoms with Crippen molar-refractivity contribution in [2.45, 2.75) is 25.3 Å². The van der Waals surface area contributed by atoms with Crippen molar-refractivity contribution in [3.63, 3.8) is 0 Å². The number of benzene rings is 2. The summed E-state index contributed by atoms with van der Waals surface area (Å²) in [6.07, 6.45) is 5.71. The molecular weight excluding hydrogens is 306 g/mol. The summed E-state index contributed by atoms with van der Waals surface area (Å²) in [6.45, 7) is 2.71. The number of ether oxygens (including phenoxy) is 1. The van der Waals surface area contributed by atoms with E-state index in [2.05, 4.69) is 41.7 Å². The lowest BCUT2D eigenvalue weighted by Crippen LogP contribution is -2.28. The van der Waals surface area contributed by atoms with Gasteiger partial charge in [-0.05, 0) is 54.7 Å². The number of hydrogen-bond donors (Lipinski definition) is 1. The van der Waals surface area contributed by atoms with Crippen LogP contribution in [-0.2, 0) is 0 Å². The SMILES string of the molecule is CCOc1ccc2c(c1)C1CC=CC1C(c1ccccc1Cl)N2. The van der Waals surface area contributed by atoms with Crippen LogP contribution in [0.1, 0.15) is 36.4 Å². The second-order valence-electron chi connectivity index (χ2n) is 6.17. The Bertz CT molecular complexity index is 755. The summed E-state index contributed by atoms with van der Waals surface area (Å²) in [5.74, 6) is 1.88. The van der Waals surface area contributed by atoms with E-state index in [1.807, 2.05) is 25.1 Å². The number of hydrogen-bond acceptors (Lipinski definition) is 2. The summed E-state index contributed by atoms with van der Waals surface area (Å²) in [5, 5.41) is 4.54. The molecule has 1 aliphatic heterocycles. The summed E-state index contributed by atoms with van der Waals surface area (Å²) < 4.78 is 5.68. The van der Waals surface area contributed by atoms with Crippen LogP contribution < -0.4 is 10.1 Å². The van der Waals surface area contributed by atoms with Crippen LogP contribution in [0.15, 0.2) is 54.6 Å². The monoisotopic (exact) mass is 325 g/mol. The Balaban J connectivity index is 1.76. The summed E-state index contributed by atoms with van der Waals surface area (Å²) in [5.41, 5.74) is 3.73. The molecule has 118 valence electrons. The molecular formula is C20H20ClNO. The fourth-order valence-corrected chi connectivity index (χ4v) is 4.12. The first-order valence-corrected chi connectivity index (χ1v) is 8.60. The molecule has 2 aromatic carbocycles. The van der Waals surface area contributed by atoms with Gasteiger partial charge in [0.05, 0.1) is 12.6 Å². The highest BCUT2D eigenvalue weighted by molar-refractivity contribution is 6.31. The van der Waals surface area contributed by atoms with Crippen LogP contribution in [0.3, 0.4) is 0 Å². The van der Waals surface area contributed by atoms with Crippen molar-refractivity contribution in [1.29, 1.82) is 0 Å². The Morgan fingerprint density at radius 2 is 2.04 bits per heavy atom. The third-order valence-electron chi connectivity index (χ3n) is 4.88. The first-order chi connectivity index (χ1) is 11.3. The van der Waals surface area contributed by atoms with Crippen LogP contribution >= 0.6 is 11.6 Å². The standard InChI is InChI=1S/C20H20ClNO/c1-2-23-13-10-11-19-17(12-13)14-7-5-8-15(14)20(22-19)16-6-3-4-9-18(16)21/h3-6,8-12,14-15,20,22H,2,7H2,1H3. The minimum atomic E-state index is 0.220. The van der Waals surface area contributed by atoms with Gasteiger partial charge in [0, 0.05) is 16.6 Å². The Labute approximate surface area is 142 Å². The van der Waals surface area contributed by atoms with Gasteiger partial charge in [-0.25, -0.2) is 0 Å². The molecule has 0 amide bonds. The number of rotatable bonds is 3. The molecule has 2 aliphatic rings.